The molecule has 4 rings (SSSR count). The molecule has 134 valence electrons. The second-order valence-electron chi connectivity index (χ2n) is 6.02. The van der Waals surface area contributed by atoms with Crippen molar-refractivity contribution in [1.29, 1.82) is 0 Å². The summed E-state index contributed by atoms with van der Waals surface area (Å²) in [7, 11) is 3.24. The summed E-state index contributed by atoms with van der Waals surface area (Å²) in [6.45, 7) is 0. The van der Waals surface area contributed by atoms with Crippen LogP contribution in [-0.2, 0) is 7.05 Å². The van der Waals surface area contributed by atoms with Crippen LogP contribution in [0.5, 0.6) is 5.75 Å². The van der Waals surface area contributed by atoms with Crippen molar-refractivity contribution < 1.29 is 9.26 Å². The van der Waals surface area contributed by atoms with Gasteiger partial charge >= 0.3 is 0 Å². The van der Waals surface area contributed by atoms with Crippen molar-refractivity contribution in [2.45, 2.75) is 0 Å². The maximum atomic E-state index is 12.4. The topological polar surface area (TPSA) is 70.2 Å². The molecule has 0 saturated carbocycles. The van der Waals surface area contributed by atoms with Crippen LogP contribution >= 0.6 is 0 Å². The number of hydrogen-bond acceptors (Lipinski definition) is 5. The van der Waals surface area contributed by atoms with E-state index in [1.54, 1.807) is 20.2 Å². The molecule has 0 N–H and O–H groups in total. The molecule has 6 nitrogen and oxygen atoms in total. The highest BCUT2D eigenvalue weighted by Crippen LogP contribution is 2.28. The molecule has 0 bridgehead atoms. The van der Waals surface area contributed by atoms with Gasteiger partial charge in [-0.1, -0.05) is 53.7 Å². The Bertz CT molecular complexity index is 1170. The van der Waals surface area contributed by atoms with Crippen LogP contribution in [0, 0.1) is 0 Å². The Balaban J connectivity index is 1.85. The molecule has 0 aliphatic rings. The zero-order valence-electron chi connectivity index (χ0n) is 14.9. The molecular formula is C21H17N3O3. The average Bonchev–Trinajstić information content (AvgIpc) is 3.14. The van der Waals surface area contributed by atoms with Crippen LogP contribution in [0.25, 0.3) is 34.3 Å². The van der Waals surface area contributed by atoms with E-state index in [0.717, 1.165) is 16.9 Å². The Kier molecular flexibility index (Phi) is 4.30. The van der Waals surface area contributed by atoms with Crippen molar-refractivity contribution in [2.75, 3.05) is 7.11 Å². The monoisotopic (exact) mass is 359 g/mol. The van der Waals surface area contributed by atoms with Crippen molar-refractivity contribution in [3.8, 4) is 17.0 Å². The summed E-state index contributed by atoms with van der Waals surface area (Å²) in [5.41, 5.74) is 2.49. The van der Waals surface area contributed by atoms with Gasteiger partial charge in [0.2, 0.25) is 0 Å². The van der Waals surface area contributed by atoms with Crippen molar-refractivity contribution in [3.63, 3.8) is 0 Å². The fourth-order valence-electron chi connectivity index (χ4n) is 2.88. The maximum Gasteiger partial charge on any atom is 0.296 e. The van der Waals surface area contributed by atoms with Crippen LogP contribution in [0.2, 0.25) is 0 Å². The third-order valence-electron chi connectivity index (χ3n) is 4.29. The molecule has 0 atom stereocenters. The van der Waals surface area contributed by atoms with Gasteiger partial charge in [-0.05, 0) is 23.8 Å². The number of benzene rings is 2. The lowest BCUT2D eigenvalue weighted by Crippen LogP contribution is -2.20. The van der Waals surface area contributed by atoms with E-state index in [2.05, 4.69) is 10.3 Å². The fraction of sp³-hybridized carbons (Fsp3) is 0.0952. The minimum absolute atomic E-state index is 0.265. The molecular weight excluding hydrogens is 342 g/mol. The lowest BCUT2D eigenvalue weighted by molar-refractivity contribution is 0.415. The summed E-state index contributed by atoms with van der Waals surface area (Å²) in [6.07, 6.45) is 3.69. The lowest BCUT2D eigenvalue weighted by atomic mass is 10.1. The molecule has 2 aromatic carbocycles. The third-order valence-corrected chi connectivity index (χ3v) is 4.29. The first-order chi connectivity index (χ1) is 13.2. The van der Waals surface area contributed by atoms with Crippen molar-refractivity contribution in [1.82, 2.24) is 14.9 Å². The first-order valence-electron chi connectivity index (χ1n) is 8.41. The van der Waals surface area contributed by atoms with Gasteiger partial charge in [-0.3, -0.25) is 4.79 Å². The second kappa shape index (κ2) is 6.92. The molecule has 0 unspecified atom stereocenters. The third kappa shape index (κ3) is 3.13. The minimum Gasteiger partial charge on any atom is -0.497 e. The van der Waals surface area contributed by atoms with Crippen LogP contribution in [0.3, 0.4) is 0 Å². The highest BCUT2D eigenvalue weighted by Gasteiger charge is 2.18. The number of ether oxygens (including phenoxy) is 1. The van der Waals surface area contributed by atoms with Gasteiger partial charge in [-0.15, -0.1) is 0 Å². The van der Waals surface area contributed by atoms with Crippen LogP contribution in [0.1, 0.15) is 11.3 Å². The molecule has 2 heterocycles. The van der Waals surface area contributed by atoms with E-state index in [1.165, 1.54) is 4.68 Å². The SMILES string of the molecule is COc1ccc(C=Cc2onc3c(=O)n(C)nc(-c4ccccc4)c23)cc1. The molecule has 0 fully saturated rings. The predicted molar refractivity (Wildman–Crippen MR) is 104 cm³/mol. The molecule has 27 heavy (non-hydrogen) atoms. The Labute approximate surface area is 155 Å². The van der Waals surface area contributed by atoms with Crippen molar-refractivity contribution in [2.24, 2.45) is 7.05 Å². The predicted octanol–water partition coefficient (Wildman–Crippen LogP) is 3.77. The first kappa shape index (κ1) is 16.8. The normalized spacial score (nSPS) is 11.3. The van der Waals surface area contributed by atoms with E-state index in [1.807, 2.05) is 60.7 Å². The van der Waals surface area contributed by atoms with Crippen LogP contribution in [-0.4, -0.2) is 22.0 Å². The van der Waals surface area contributed by atoms with Gasteiger partial charge in [0.25, 0.3) is 5.56 Å². The van der Waals surface area contributed by atoms with Crippen LogP contribution in [0.15, 0.2) is 63.9 Å². The summed E-state index contributed by atoms with van der Waals surface area (Å²) >= 11 is 0. The summed E-state index contributed by atoms with van der Waals surface area (Å²) < 4.78 is 11.9. The summed E-state index contributed by atoms with van der Waals surface area (Å²) in [6, 6.07) is 17.3. The van der Waals surface area contributed by atoms with Gasteiger partial charge in [0.15, 0.2) is 11.3 Å². The van der Waals surface area contributed by atoms with E-state index >= 15 is 0 Å². The zero-order chi connectivity index (χ0) is 18.8. The largest absolute Gasteiger partial charge is 0.497 e. The van der Waals surface area contributed by atoms with Crippen LogP contribution in [0.4, 0.5) is 0 Å². The summed E-state index contributed by atoms with van der Waals surface area (Å²) in [5.74, 6) is 1.28. The summed E-state index contributed by atoms with van der Waals surface area (Å²) in [5, 5.41) is 9.03. The fourth-order valence-corrected chi connectivity index (χ4v) is 2.88. The first-order valence-corrected chi connectivity index (χ1v) is 8.41. The molecule has 0 aliphatic carbocycles. The average molecular weight is 359 g/mol. The van der Waals surface area contributed by atoms with Gasteiger partial charge in [0.05, 0.1) is 12.5 Å². The van der Waals surface area contributed by atoms with E-state index in [4.69, 9.17) is 9.26 Å². The molecule has 4 aromatic rings. The zero-order valence-corrected chi connectivity index (χ0v) is 14.9. The quantitative estimate of drug-likeness (QED) is 0.555. The van der Waals surface area contributed by atoms with Gasteiger partial charge in [-0.25, -0.2) is 4.68 Å². The van der Waals surface area contributed by atoms with Crippen molar-refractivity contribution in [3.05, 3.63) is 76.3 Å². The summed E-state index contributed by atoms with van der Waals surface area (Å²) in [4.78, 5) is 12.4. The van der Waals surface area contributed by atoms with E-state index < -0.39 is 0 Å². The smallest absolute Gasteiger partial charge is 0.296 e. The molecule has 0 saturated heterocycles. The second-order valence-corrected chi connectivity index (χ2v) is 6.02. The maximum absolute atomic E-state index is 12.4. The number of hydrogen-bond donors (Lipinski definition) is 0. The van der Waals surface area contributed by atoms with E-state index in [-0.39, 0.29) is 11.1 Å². The molecule has 0 radical (unpaired) electrons. The number of rotatable bonds is 4. The van der Waals surface area contributed by atoms with Gasteiger partial charge in [0.1, 0.15) is 11.4 Å². The molecule has 0 amide bonds. The van der Waals surface area contributed by atoms with Gasteiger partial charge < -0.3 is 9.26 Å². The number of aromatic nitrogens is 3. The Morgan fingerprint density at radius 3 is 2.48 bits per heavy atom. The number of nitrogens with zero attached hydrogens (tertiary/aromatic N) is 3. The molecule has 0 spiro atoms. The van der Waals surface area contributed by atoms with Crippen LogP contribution < -0.4 is 10.3 Å². The molecule has 6 heteroatoms. The highest BCUT2D eigenvalue weighted by molar-refractivity contribution is 5.97. The number of aryl methyl sites for hydroxylation is 1. The number of fused-ring (bicyclic) bond motifs is 1. The Morgan fingerprint density at radius 2 is 1.78 bits per heavy atom. The minimum atomic E-state index is -0.294. The molecule has 0 aliphatic heterocycles. The Morgan fingerprint density at radius 1 is 1.04 bits per heavy atom. The number of methoxy groups -OCH3 is 1. The van der Waals surface area contributed by atoms with E-state index in [9.17, 15) is 4.79 Å². The lowest BCUT2D eigenvalue weighted by Gasteiger charge is -2.04. The highest BCUT2D eigenvalue weighted by atomic mass is 16.5. The standard InChI is InChI=1S/C21H17N3O3/c1-24-21(25)20-18(19(22-24)15-6-4-3-5-7-15)17(27-23-20)13-10-14-8-11-16(26-2)12-9-14/h3-13H,1-2H3. The van der Waals surface area contributed by atoms with Gasteiger partial charge in [0, 0.05) is 12.6 Å². The van der Waals surface area contributed by atoms with E-state index in [0.29, 0.717) is 16.8 Å². The Hall–Kier alpha value is -3.67. The molecule has 2 aromatic heterocycles. The van der Waals surface area contributed by atoms with Crippen molar-refractivity contribution >= 4 is 23.1 Å². The van der Waals surface area contributed by atoms with Gasteiger partial charge in [-0.2, -0.15) is 5.10 Å².